The lowest BCUT2D eigenvalue weighted by molar-refractivity contribution is 0.0285. The van der Waals surface area contributed by atoms with E-state index >= 15 is 0 Å². The second kappa shape index (κ2) is 6.93. The molecule has 0 saturated carbocycles. The topological polar surface area (TPSA) is 60.5 Å². The normalized spacial score (nSPS) is 12.2. The van der Waals surface area contributed by atoms with Crippen molar-refractivity contribution in [3.05, 3.63) is 29.8 Å². The van der Waals surface area contributed by atoms with Gasteiger partial charge in [0, 0.05) is 27.0 Å². The van der Waals surface area contributed by atoms with Crippen molar-refractivity contribution in [1.29, 1.82) is 0 Å². The van der Waals surface area contributed by atoms with Gasteiger partial charge in [0.25, 0.3) is 5.91 Å². The predicted molar refractivity (Wildman–Crippen MR) is 59.2 cm³/mol. The molecule has 1 rings (SSSR count). The van der Waals surface area contributed by atoms with E-state index < -0.39 is 11.7 Å². The van der Waals surface area contributed by atoms with Crippen molar-refractivity contribution in [1.82, 2.24) is 10.3 Å². The van der Waals surface area contributed by atoms with Gasteiger partial charge in [-0.2, -0.15) is 0 Å². The molecule has 0 spiro atoms. The van der Waals surface area contributed by atoms with Gasteiger partial charge in [0.15, 0.2) is 5.82 Å². The molecule has 1 aromatic heterocycles. The van der Waals surface area contributed by atoms with Crippen LogP contribution in [0.5, 0.6) is 0 Å². The van der Waals surface area contributed by atoms with Crippen molar-refractivity contribution in [2.75, 3.05) is 27.4 Å². The van der Waals surface area contributed by atoms with Gasteiger partial charge >= 0.3 is 0 Å². The van der Waals surface area contributed by atoms with Crippen molar-refractivity contribution >= 4 is 5.91 Å². The molecule has 0 radical (unpaired) electrons. The van der Waals surface area contributed by atoms with Crippen LogP contribution in [0, 0.1) is 5.82 Å². The summed E-state index contributed by atoms with van der Waals surface area (Å²) in [5.41, 5.74) is -0.0349. The number of methoxy groups -OCH3 is 2. The standard InChI is InChI=1S/C11H15FN2O3/c1-16-7-8(17-2)5-14-11(15)9-3-4-13-6-10(9)12/h3-4,6,8H,5,7H2,1-2H3,(H,14,15). The van der Waals surface area contributed by atoms with Crippen LogP contribution in [0.15, 0.2) is 18.5 Å². The SMILES string of the molecule is COCC(CNC(=O)c1ccncc1F)OC. The maximum atomic E-state index is 13.2. The Balaban J connectivity index is 2.52. The second-order valence-corrected chi connectivity index (χ2v) is 3.38. The number of aromatic nitrogens is 1. The maximum Gasteiger partial charge on any atom is 0.254 e. The van der Waals surface area contributed by atoms with Crippen molar-refractivity contribution in [2.24, 2.45) is 0 Å². The highest BCUT2D eigenvalue weighted by Crippen LogP contribution is 2.03. The first-order valence-electron chi connectivity index (χ1n) is 5.08. The summed E-state index contributed by atoms with van der Waals surface area (Å²) in [5, 5.41) is 2.56. The van der Waals surface area contributed by atoms with E-state index in [0.717, 1.165) is 6.20 Å². The van der Waals surface area contributed by atoms with E-state index in [1.54, 1.807) is 0 Å². The quantitative estimate of drug-likeness (QED) is 0.794. The van der Waals surface area contributed by atoms with E-state index in [-0.39, 0.29) is 18.2 Å². The van der Waals surface area contributed by atoms with Crippen LogP contribution in [0.4, 0.5) is 4.39 Å². The highest BCUT2D eigenvalue weighted by Gasteiger charge is 2.13. The number of carbonyl (C=O) groups is 1. The Morgan fingerprint density at radius 2 is 2.35 bits per heavy atom. The molecule has 94 valence electrons. The van der Waals surface area contributed by atoms with Crippen LogP contribution in [0.2, 0.25) is 0 Å². The van der Waals surface area contributed by atoms with E-state index in [2.05, 4.69) is 10.3 Å². The summed E-state index contributed by atoms with van der Waals surface area (Å²) in [6, 6.07) is 1.32. The predicted octanol–water partition coefficient (Wildman–Crippen LogP) is 0.612. The van der Waals surface area contributed by atoms with Crippen molar-refractivity contribution in [3.8, 4) is 0 Å². The fourth-order valence-electron chi connectivity index (χ4n) is 1.26. The van der Waals surface area contributed by atoms with Gasteiger partial charge in [-0.1, -0.05) is 0 Å². The Bertz CT molecular complexity index is 373. The molecule has 0 aromatic carbocycles. The first-order chi connectivity index (χ1) is 8.19. The Morgan fingerprint density at radius 1 is 1.59 bits per heavy atom. The fraction of sp³-hybridized carbons (Fsp3) is 0.455. The number of hydrogen-bond donors (Lipinski definition) is 1. The van der Waals surface area contributed by atoms with Crippen molar-refractivity contribution < 1.29 is 18.7 Å². The number of halogens is 1. The number of nitrogens with one attached hydrogen (secondary N) is 1. The zero-order valence-corrected chi connectivity index (χ0v) is 9.77. The van der Waals surface area contributed by atoms with Crippen LogP contribution >= 0.6 is 0 Å². The van der Waals surface area contributed by atoms with Gasteiger partial charge in [-0.25, -0.2) is 4.39 Å². The number of nitrogens with zero attached hydrogens (tertiary/aromatic N) is 1. The number of hydrogen-bond acceptors (Lipinski definition) is 4. The Labute approximate surface area is 98.9 Å². The lowest BCUT2D eigenvalue weighted by Gasteiger charge is -2.15. The first-order valence-corrected chi connectivity index (χ1v) is 5.08. The molecule has 0 aliphatic rings. The average Bonchev–Trinajstić information content (AvgIpc) is 2.34. The molecule has 0 aliphatic carbocycles. The molecule has 0 aliphatic heterocycles. The van der Waals surface area contributed by atoms with Gasteiger partial charge in [0.2, 0.25) is 0 Å². The van der Waals surface area contributed by atoms with E-state index in [0.29, 0.717) is 6.61 Å². The lowest BCUT2D eigenvalue weighted by atomic mass is 10.2. The summed E-state index contributed by atoms with van der Waals surface area (Å²) in [4.78, 5) is 15.2. The highest BCUT2D eigenvalue weighted by molar-refractivity contribution is 5.94. The minimum absolute atomic E-state index is 0.0349. The number of ether oxygens (including phenoxy) is 2. The maximum absolute atomic E-state index is 13.2. The molecule has 1 N–H and O–H groups in total. The van der Waals surface area contributed by atoms with E-state index in [9.17, 15) is 9.18 Å². The minimum Gasteiger partial charge on any atom is -0.382 e. The number of amides is 1. The molecule has 1 atom stereocenters. The number of rotatable bonds is 6. The lowest BCUT2D eigenvalue weighted by Crippen LogP contribution is -2.35. The van der Waals surface area contributed by atoms with Crippen LogP contribution in [0.1, 0.15) is 10.4 Å². The molecule has 0 fully saturated rings. The Hall–Kier alpha value is -1.53. The smallest absolute Gasteiger partial charge is 0.254 e. The molecule has 1 aromatic rings. The Morgan fingerprint density at radius 3 is 2.94 bits per heavy atom. The zero-order chi connectivity index (χ0) is 12.7. The molecule has 1 amide bonds. The third-order valence-electron chi connectivity index (χ3n) is 2.19. The molecule has 1 heterocycles. The molecule has 17 heavy (non-hydrogen) atoms. The molecular weight excluding hydrogens is 227 g/mol. The molecule has 6 heteroatoms. The zero-order valence-electron chi connectivity index (χ0n) is 9.77. The van der Waals surface area contributed by atoms with Gasteiger partial charge in [-0.15, -0.1) is 0 Å². The molecule has 0 saturated heterocycles. The summed E-state index contributed by atoms with van der Waals surface area (Å²) in [6.07, 6.45) is 2.10. The minimum atomic E-state index is -0.647. The largest absolute Gasteiger partial charge is 0.382 e. The summed E-state index contributed by atoms with van der Waals surface area (Å²) >= 11 is 0. The van der Waals surface area contributed by atoms with Crippen LogP contribution in [0.25, 0.3) is 0 Å². The third-order valence-corrected chi connectivity index (χ3v) is 2.19. The number of carbonyl (C=O) groups excluding carboxylic acids is 1. The van der Waals surface area contributed by atoms with E-state index in [1.165, 1.54) is 26.5 Å². The van der Waals surface area contributed by atoms with Crippen LogP contribution in [0.3, 0.4) is 0 Å². The van der Waals surface area contributed by atoms with Gasteiger partial charge in [0.05, 0.1) is 24.5 Å². The second-order valence-electron chi connectivity index (χ2n) is 3.38. The monoisotopic (exact) mass is 242 g/mol. The molecule has 5 nitrogen and oxygen atoms in total. The summed E-state index contributed by atoms with van der Waals surface area (Å²) in [6.45, 7) is 0.612. The van der Waals surface area contributed by atoms with Crippen LogP contribution in [-0.4, -0.2) is 44.4 Å². The third kappa shape index (κ3) is 4.08. The van der Waals surface area contributed by atoms with Gasteiger partial charge in [-0.05, 0) is 6.07 Å². The molecular formula is C11H15FN2O3. The van der Waals surface area contributed by atoms with E-state index in [4.69, 9.17) is 9.47 Å². The molecule has 1 unspecified atom stereocenters. The van der Waals surface area contributed by atoms with Gasteiger partial charge < -0.3 is 14.8 Å². The van der Waals surface area contributed by atoms with E-state index in [1.807, 2.05) is 0 Å². The van der Waals surface area contributed by atoms with Crippen molar-refractivity contribution in [2.45, 2.75) is 6.10 Å². The van der Waals surface area contributed by atoms with Gasteiger partial charge in [-0.3, -0.25) is 9.78 Å². The van der Waals surface area contributed by atoms with Gasteiger partial charge in [0.1, 0.15) is 0 Å². The summed E-state index contributed by atoms with van der Waals surface area (Å²) in [5.74, 6) is -1.14. The number of pyridine rings is 1. The Kier molecular flexibility index (Phi) is 5.51. The summed E-state index contributed by atoms with van der Waals surface area (Å²) in [7, 11) is 3.05. The average molecular weight is 242 g/mol. The van der Waals surface area contributed by atoms with Crippen LogP contribution < -0.4 is 5.32 Å². The fourth-order valence-corrected chi connectivity index (χ4v) is 1.26. The summed E-state index contributed by atoms with van der Waals surface area (Å²) < 4.78 is 23.2. The molecule has 0 bridgehead atoms. The highest BCUT2D eigenvalue weighted by atomic mass is 19.1. The first kappa shape index (κ1) is 13.5. The van der Waals surface area contributed by atoms with Crippen molar-refractivity contribution in [3.63, 3.8) is 0 Å². The van der Waals surface area contributed by atoms with Crippen LogP contribution in [-0.2, 0) is 9.47 Å².